The van der Waals surface area contributed by atoms with Gasteiger partial charge in [0.25, 0.3) is 5.91 Å². The van der Waals surface area contributed by atoms with Crippen molar-refractivity contribution in [1.29, 1.82) is 0 Å². The van der Waals surface area contributed by atoms with E-state index in [2.05, 4.69) is 10.6 Å². The fraction of sp³-hybridized carbons (Fsp3) is 0.444. The van der Waals surface area contributed by atoms with E-state index in [1.807, 2.05) is 23.1 Å². The van der Waals surface area contributed by atoms with Gasteiger partial charge >= 0.3 is 0 Å². The SMILES string of the molecule is Cl.NC1CC(C(=O)N2CCCNC(=O)c3cccc(c3)-c3cc(ccc3O)CCNC(=O)CCC2)C1. The van der Waals surface area contributed by atoms with Crippen molar-refractivity contribution in [1.82, 2.24) is 15.5 Å². The van der Waals surface area contributed by atoms with Crippen LogP contribution in [-0.4, -0.2) is 59.9 Å². The zero-order valence-electron chi connectivity index (χ0n) is 20.4. The Morgan fingerprint density at radius 2 is 1.69 bits per heavy atom. The Morgan fingerprint density at radius 3 is 2.47 bits per heavy atom. The highest BCUT2D eigenvalue weighted by molar-refractivity contribution is 5.95. The summed E-state index contributed by atoms with van der Waals surface area (Å²) in [5.74, 6) is -0.0447. The van der Waals surface area contributed by atoms with Crippen molar-refractivity contribution in [2.45, 2.75) is 44.6 Å². The van der Waals surface area contributed by atoms with E-state index in [0.29, 0.717) is 75.8 Å². The fourth-order valence-electron chi connectivity index (χ4n) is 4.69. The lowest BCUT2D eigenvalue weighted by atomic mass is 9.80. The van der Waals surface area contributed by atoms with E-state index in [4.69, 9.17) is 5.73 Å². The van der Waals surface area contributed by atoms with Gasteiger partial charge in [0.2, 0.25) is 11.8 Å². The van der Waals surface area contributed by atoms with Crippen molar-refractivity contribution in [2.75, 3.05) is 26.2 Å². The van der Waals surface area contributed by atoms with Crippen molar-refractivity contribution in [2.24, 2.45) is 11.7 Å². The molecule has 2 aromatic rings. The molecule has 4 rings (SSSR count). The molecule has 1 fully saturated rings. The third kappa shape index (κ3) is 6.98. The van der Waals surface area contributed by atoms with Crippen LogP contribution in [0.1, 0.15) is 48.0 Å². The normalized spacial score (nSPS) is 21.4. The van der Waals surface area contributed by atoms with Gasteiger partial charge in [-0.3, -0.25) is 14.4 Å². The molecule has 1 aliphatic heterocycles. The van der Waals surface area contributed by atoms with E-state index in [9.17, 15) is 19.5 Å². The molecule has 2 aliphatic rings. The molecule has 36 heavy (non-hydrogen) atoms. The van der Waals surface area contributed by atoms with Gasteiger partial charge in [0.05, 0.1) is 0 Å². The number of benzene rings is 2. The molecular weight excluding hydrogens is 480 g/mol. The molecule has 3 amide bonds. The van der Waals surface area contributed by atoms with Crippen LogP contribution in [0.15, 0.2) is 42.5 Å². The van der Waals surface area contributed by atoms with E-state index < -0.39 is 0 Å². The first-order chi connectivity index (χ1) is 16.9. The van der Waals surface area contributed by atoms with Crippen LogP contribution in [0.25, 0.3) is 11.1 Å². The Balaban J connectivity index is 0.00000361. The van der Waals surface area contributed by atoms with Crippen LogP contribution in [0.3, 0.4) is 0 Å². The fourth-order valence-corrected chi connectivity index (χ4v) is 4.69. The van der Waals surface area contributed by atoms with Crippen molar-refractivity contribution in [3.05, 3.63) is 53.6 Å². The summed E-state index contributed by atoms with van der Waals surface area (Å²) in [5.41, 5.74) is 8.75. The van der Waals surface area contributed by atoms with Gasteiger partial charge in [0.1, 0.15) is 5.75 Å². The van der Waals surface area contributed by atoms with E-state index >= 15 is 0 Å². The third-order valence-corrected chi connectivity index (χ3v) is 6.79. The van der Waals surface area contributed by atoms with Crippen molar-refractivity contribution < 1.29 is 19.5 Å². The molecular formula is C27H35ClN4O4. The molecule has 1 aliphatic carbocycles. The van der Waals surface area contributed by atoms with Gasteiger partial charge in [-0.25, -0.2) is 0 Å². The second kappa shape index (κ2) is 12.7. The minimum atomic E-state index is -0.196. The molecule has 0 aromatic heterocycles. The van der Waals surface area contributed by atoms with Crippen molar-refractivity contribution >= 4 is 30.1 Å². The van der Waals surface area contributed by atoms with Crippen LogP contribution in [0, 0.1) is 5.92 Å². The molecule has 194 valence electrons. The first-order valence-corrected chi connectivity index (χ1v) is 12.4. The summed E-state index contributed by atoms with van der Waals surface area (Å²) in [6.07, 6.45) is 3.57. The summed E-state index contributed by atoms with van der Waals surface area (Å²) in [4.78, 5) is 39.9. The molecule has 2 aromatic carbocycles. The van der Waals surface area contributed by atoms with E-state index in [1.54, 1.807) is 24.3 Å². The van der Waals surface area contributed by atoms with E-state index in [1.165, 1.54) is 0 Å². The highest BCUT2D eigenvalue weighted by Crippen LogP contribution is 2.31. The number of phenols is 1. The zero-order valence-corrected chi connectivity index (χ0v) is 21.2. The lowest BCUT2D eigenvalue weighted by Gasteiger charge is -2.35. The van der Waals surface area contributed by atoms with E-state index in [-0.39, 0.29) is 47.8 Å². The predicted molar refractivity (Wildman–Crippen MR) is 141 cm³/mol. The summed E-state index contributed by atoms with van der Waals surface area (Å²) < 4.78 is 0. The molecule has 1 saturated carbocycles. The first-order valence-electron chi connectivity index (χ1n) is 12.4. The van der Waals surface area contributed by atoms with Gasteiger partial charge in [-0.1, -0.05) is 18.2 Å². The first kappa shape index (κ1) is 27.5. The van der Waals surface area contributed by atoms with Crippen LogP contribution in [-0.2, 0) is 16.0 Å². The van der Waals surface area contributed by atoms with Crippen LogP contribution in [0.4, 0.5) is 0 Å². The maximum atomic E-state index is 12.9. The largest absolute Gasteiger partial charge is 0.507 e. The average Bonchev–Trinajstić information content (AvgIpc) is 2.83. The Labute approximate surface area is 218 Å². The number of carbonyl (C=O) groups excluding carboxylic acids is 3. The number of halogens is 1. The Hall–Kier alpha value is -3.10. The number of nitrogens with zero attached hydrogens (tertiary/aromatic N) is 1. The summed E-state index contributed by atoms with van der Waals surface area (Å²) in [6.45, 7) is 1.94. The molecule has 9 heteroatoms. The lowest BCUT2D eigenvalue weighted by Crippen LogP contribution is -2.47. The molecule has 1 heterocycles. The maximum absolute atomic E-state index is 12.9. The zero-order chi connectivity index (χ0) is 24.8. The number of nitrogens with one attached hydrogen (secondary N) is 2. The number of rotatable bonds is 1. The summed E-state index contributed by atoms with van der Waals surface area (Å²) in [5, 5.41) is 16.3. The van der Waals surface area contributed by atoms with Gasteiger partial charge < -0.3 is 26.4 Å². The number of amides is 3. The number of phenolic OH excluding ortho intramolecular Hbond substituents is 1. The van der Waals surface area contributed by atoms with Gasteiger partial charge in [-0.05, 0) is 67.5 Å². The van der Waals surface area contributed by atoms with Gasteiger partial charge in [-0.15, -0.1) is 12.4 Å². The molecule has 0 unspecified atom stereocenters. The number of hydrogen-bond acceptors (Lipinski definition) is 5. The molecule has 4 bridgehead atoms. The molecule has 0 atom stereocenters. The second-order valence-electron chi connectivity index (χ2n) is 9.50. The number of fused-ring (bicyclic) bond motifs is 5. The molecule has 0 spiro atoms. The Bertz CT molecular complexity index is 1090. The summed E-state index contributed by atoms with van der Waals surface area (Å²) in [7, 11) is 0. The third-order valence-electron chi connectivity index (χ3n) is 6.79. The van der Waals surface area contributed by atoms with Crippen LogP contribution in [0.5, 0.6) is 5.75 Å². The second-order valence-corrected chi connectivity index (χ2v) is 9.50. The molecule has 8 nitrogen and oxygen atoms in total. The summed E-state index contributed by atoms with van der Waals surface area (Å²) >= 11 is 0. The quantitative estimate of drug-likeness (QED) is 0.465. The van der Waals surface area contributed by atoms with Crippen LogP contribution >= 0.6 is 12.4 Å². The minimum absolute atomic E-state index is 0. The average molecular weight is 515 g/mol. The monoisotopic (exact) mass is 514 g/mol. The molecule has 0 radical (unpaired) electrons. The molecule has 0 saturated heterocycles. The van der Waals surface area contributed by atoms with Crippen LogP contribution in [0.2, 0.25) is 0 Å². The van der Waals surface area contributed by atoms with E-state index in [0.717, 1.165) is 11.1 Å². The van der Waals surface area contributed by atoms with Gasteiger partial charge in [0, 0.05) is 55.7 Å². The Kier molecular flexibility index (Phi) is 9.73. The number of nitrogens with two attached hydrogens (primary N) is 1. The van der Waals surface area contributed by atoms with Gasteiger partial charge in [-0.2, -0.15) is 0 Å². The standard InChI is InChI=1S/C27H34N4O4.ClH/c28-22-16-21(17-22)27(35)31-12-2-6-25(33)29-11-9-18-7-8-24(32)23(14-18)19-4-1-5-20(15-19)26(34)30-10-3-13-31;/h1,4-5,7-8,14-15,21-22,32H,2-3,6,9-13,16-17,28H2,(H,29,33)(H,30,34);1H. The van der Waals surface area contributed by atoms with Gasteiger partial charge in [0.15, 0.2) is 0 Å². The minimum Gasteiger partial charge on any atom is -0.507 e. The molecule has 5 N–H and O–H groups in total. The number of aromatic hydroxyl groups is 1. The predicted octanol–water partition coefficient (Wildman–Crippen LogP) is 2.62. The topological polar surface area (TPSA) is 125 Å². The number of hydrogen-bond donors (Lipinski definition) is 4. The highest BCUT2D eigenvalue weighted by atomic mass is 35.5. The van der Waals surface area contributed by atoms with Crippen LogP contribution < -0.4 is 16.4 Å². The smallest absolute Gasteiger partial charge is 0.251 e. The summed E-state index contributed by atoms with van der Waals surface area (Å²) in [6, 6.07) is 12.6. The van der Waals surface area contributed by atoms with Crippen molar-refractivity contribution in [3.63, 3.8) is 0 Å². The maximum Gasteiger partial charge on any atom is 0.251 e. The number of carbonyl (C=O) groups is 3. The lowest BCUT2D eigenvalue weighted by molar-refractivity contribution is -0.139. The van der Waals surface area contributed by atoms with Crippen molar-refractivity contribution in [3.8, 4) is 16.9 Å². The Morgan fingerprint density at radius 1 is 0.944 bits per heavy atom. The highest BCUT2D eigenvalue weighted by Gasteiger charge is 2.34.